The highest BCUT2D eigenvalue weighted by Crippen LogP contribution is 2.34. The van der Waals surface area contributed by atoms with Crippen molar-refractivity contribution in [2.75, 3.05) is 32.5 Å². The average Bonchev–Trinajstić information content (AvgIpc) is 4.04. The molecule has 3 rings (SSSR count). The standard InChI is InChI=1S/C57H90N10O11S/c1-15-34(6)43(29-48(71)57(12)24-18-26-66(57)13)55(76)67(14)47(32(2)3)30-45(61-39(11)70)54-64-46(31-79-54)52(74)63-42(27-35(7)56(77)78)28-40-20-22-41(23-21-40)62-50(72)36(8)59-53(75)49(33(4)5)65-51(73)44(60-38(10)69)19-16-17-25-58-37(9)68/h20-23,31-36,42-45,47,49H,15-19,24-30H2,1-14H3,(H,58,68)(H,59,75)(H,60,69)(H,61,70)(H,62,72)(H,63,74)(H,65,73)(H,77,78)/t34-,35-,36-,42+,43-,44-,45+,47+,49-,57+/m0/s1. The first-order chi connectivity index (χ1) is 37.0. The van der Waals surface area contributed by atoms with Gasteiger partial charge in [0, 0.05) is 69.9 Å². The molecule has 0 aliphatic carbocycles. The summed E-state index contributed by atoms with van der Waals surface area (Å²) in [5, 5.41) is 31.3. The number of hydrogen-bond acceptors (Lipinski definition) is 13. The Morgan fingerprint density at radius 1 is 0.797 bits per heavy atom. The summed E-state index contributed by atoms with van der Waals surface area (Å²) < 4.78 is 0. The van der Waals surface area contributed by atoms with Crippen molar-refractivity contribution in [1.29, 1.82) is 0 Å². The van der Waals surface area contributed by atoms with Gasteiger partial charge in [0.05, 0.1) is 17.5 Å². The second-order valence-electron chi connectivity index (χ2n) is 22.5. The van der Waals surface area contributed by atoms with E-state index in [-0.39, 0.29) is 85.1 Å². The fourth-order valence-corrected chi connectivity index (χ4v) is 10.8. The molecule has 1 aliphatic rings. The van der Waals surface area contributed by atoms with Gasteiger partial charge in [0.2, 0.25) is 41.4 Å². The second-order valence-corrected chi connectivity index (χ2v) is 23.4. The van der Waals surface area contributed by atoms with Gasteiger partial charge < -0.3 is 47.2 Å². The van der Waals surface area contributed by atoms with Crippen LogP contribution < -0.4 is 37.2 Å². The molecule has 8 N–H and O–H groups in total. The number of likely N-dealkylation sites (N-methyl/N-ethyl adjacent to an activating group) is 1. The van der Waals surface area contributed by atoms with Crippen LogP contribution in [0.1, 0.15) is 168 Å². The molecule has 0 spiro atoms. The third-order valence-electron chi connectivity index (χ3n) is 15.3. The zero-order valence-corrected chi connectivity index (χ0v) is 49.8. The van der Waals surface area contributed by atoms with Crippen LogP contribution in [0, 0.1) is 29.6 Å². The first-order valence-electron chi connectivity index (χ1n) is 27.8. The minimum atomic E-state index is -1.04. The lowest BCUT2D eigenvalue weighted by Crippen LogP contribution is -2.57. The Kier molecular flexibility index (Phi) is 26.7. The number of carbonyl (C=O) groups is 10. The zero-order valence-electron chi connectivity index (χ0n) is 49.0. The van der Waals surface area contributed by atoms with Crippen molar-refractivity contribution in [1.82, 2.24) is 46.7 Å². The molecule has 0 bridgehead atoms. The molecule has 22 heteroatoms. The lowest BCUT2D eigenvalue weighted by molar-refractivity contribution is -0.143. The number of likely N-dealkylation sites (tertiary alicyclic amines) is 1. The Morgan fingerprint density at radius 3 is 1.99 bits per heavy atom. The zero-order chi connectivity index (χ0) is 59.5. The van der Waals surface area contributed by atoms with Crippen LogP contribution in [-0.4, -0.2) is 142 Å². The van der Waals surface area contributed by atoms with Gasteiger partial charge in [-0.1, -0.05) is 67.0 Å². The highest BCUT2D eigenvalue weighted by molar-refractivity contribution is 7.09. The van der Waals surface area contributed by atoms with Gasteiger partial charge in [0.1, 0.15) is 28.8 Å². The molecule has 79 heavy (non-hydrogen) atoms. The summed E-state index contributed by atoms with van der Waals surface area (Å²) >= 11 is 1.18. The number of nitrogens with zero attached hydrogens (tertiary/aromatic N) is 3. The highest BCUT2D eigenvalue weighted by atomic mass is 32.1. The molecule has 1 aromatic carbocycles. The molecular weight excluding hydrogens is 1030 g/mol. The fourth-order valence-electron chi connectivity index (χ4n) is 9.90. The van der Waals surface area contributed by atoms with Crippen molar-refractivity contribution < 1.29 is 53.1 Å². The smallest absolute Gasteiger partial charge is 0.306 e. The maximum absolute atomic E-state index is 14.5. The predicted molar refractivity (Wildman–Crippen MR) is 303 cm³/mol. The van der Waals surface area contributed by atoms with Crippen LogP contribution >= 0.6 is 11.3 Å². The fraction of sp³-hybridized carbons (Fsp3) is 0.667. The molecule has 0 saturated carbocycles. The van der Waals surface area contributed by atoms with Crippen molar-refractivity contribution in [3.63, 3.8) is 0 Å². The van der Waals surface area contributed by atoms with E-state index in [4.69, 9.17) is 0 Å². The lowest BCUT2D eigenvalue weighted by atomic mass is 9.80. The minimum absolute atomic E-state index is 0.0566. The van der Waals surface area contributed by atoms with E-state index in [1.54, 1.807) is 62.4 Å². The summed E-state index contributed by atoms with van der Waals surface area (Å²) in [6.07, 6.45) is 4.45. The summed E-state index contributed by atoms with van der Waals surface area (Å²) in [6, 6.07) is 2.01. The Morgan fingerprint density at radius 2 is 1.44 bits per heavy atom. The molecule has 1 fully saturated rings. The number of amides is 8. The summed E-state index contributed by atoms with van der Waals surface area (Å²) in [5.74, 6) is -6.18. The summed E-state index contributed by atoms with van der Waals surface area (Å²) in [4.78, 5) is 139. The van der Waals surface area contributed by atoms with E-state index < -0.39 is 83.1 Å². The van der Waals surface area contributed by atoms with Gasteiger partial charge in [0.25, 0.3) is 5.91 Å². The number of aromatic nitrogens is 1. The van der Waals surface area contributed by atoms with Crippen LogP contribution in [0.3, 0.4) is 0 Å². The number of benzene rings is 1. The van der Waals surface area contributed by atoms with Crippen molar-refractivity contribution >= 4 is 76.0 Å². The van der Waals surface area contributed by atoms with Crippen LogP contribution in [0.5, 0.6) is 0 Å². The Hall–Kier alpha value is -6.29. The molecule has 2 heterocycles. The molecule has 0 radical (unpaired) electrons. The van der Waals surface area contributed by atoms with Crippen molar-refractivity contribution in [2.45, 2.75) is 189 Å². The Labute approximate surface area is 471 Å². The number of ketones is 1. The first kappa shape index (κ1) is 67.0. The maximum atomic E-state index is 14.5. The quantitative estimate of drug-likeness (QED) is 0.0441. The van der Waals surface area contributed by atoms with Gasteiger partial charge in [-0.25, -0.2) is 4.98 Å². The molecule has 8 amide bonds. The minimum Gasteiger partial charge on any atom is -0.481 e. The molecule has 2 aromatic rings. The van der Waals surface area contributed by atoms with Gasteiger partial charge in [-0.2, -0.15) is 0 Å². The number of unbranched alkanes of at least 4 members (excludes halogenated alkanes) is 1. The Balaban J connectivity index is 1.73. The summed E-state index contributed by atoms with van der Waals surface area (Å²) in [5.41, 5.74) is 0.555. The largest absolute Gasteiger partial charge is 0.481 e. The lowest BCUT2D eigenvalue weighted by Gasteiger charge is -2.38. The number of anilines is 1. The molecule has 21 nitrogen and oxygen atoms in total. The number of carboxylic acids is 1. The molecule has 440 valence electrons. The van der Waals surface area contributed by atoms with E-state index in [0.717, 1.165) is 19.4 Å². The normalized spacial score (nSPS) is 17.9. The predicted octanol–water partition coefficient (Wildman–Crippen LogP) is 5.15. The van der Waals surface area contributed by atoms with Gasteiger partial charge in [-0.15, -0.1) is 11.3 Å². The molecule has 1 saturated heterocycles. The van der Waals surface area contributed by atoms with Crippen molar-refractivity contribution in [3.05, 3.63) is 45.9 Å². The average molecular weight is 1120 g/mol. The third kappa shape index (κ3) is 20.7. The molecule has 1 aliphatic heterocycles. The van der Waals surface area contributed by atoms with Gasteiger partial charge in [-0.05, 0) is 114 Å². The van der Waals surface area contributed by atoms with E-state index in [2.05, 4.69) is 47.1 Å². The number of carboxylic acid groups (broad SMARTS) is 1. The van der Waals surface area contributed by atoms with Crippen LogP contribution in [0.2, 0.25) is 0 Å². The SMILES string of the molecule is CC[C@H](C)[C@H](CC(=O)[C@@]1(C)CCCN1C)C(=O)N(C)[C@H](C[C@@H](NC(C)=O)c1nc(C(=O)N[C@@H](Cc2ccc(NC(=O)[C@H](C)NC(=O)[C@@H](NC(=O)[C@H](CCCCNC(C)=O)NC(C)=O)C(C)C)cc2)C[C@H](C)C(=O)O)cs1)C(C)C. The molecule has 0 unspecified atom stereocenters. The topological polar surface area (TPSA) is 295 Å². The van der Waals surface area contributed by atoms with Gasteiger partial charge in [0.15, 0.2) is 5.78 Å². The number of aliphatic carboxylic acids is 1. The van der Waals surface area contributed by atoms with E-state index in [9.17, 15) is 53.1 Å². The summed E-state index contributed by atoms with van der Waals surface area (Å²) in [6.45, 7) is 21.8. The van der Waals surface area contributed by atoms with Crippen molar-refractivity contribution in [2.24, 2.45) is 29.6 Å². The van der Waals surface area contributed by atoms with Crippen LogP contribution in [-0.2, 0) is 49.6 Å². The molecule has 1 aromatic heterocycles. The number of Topliss-reactive ketones (excluding diaryl/α,β-unsaturated/α-hetero) is 1. The Bertz CT molecular complexity index is 2430. The van der Waals surface area contributed by atoms with E-state index in [1.807, 2.05) is 41.7 Å². The highest BCUT2D eigenvalue weighted by Gasteiger charge is 2.44. The maximum Gasteiger partial charge on any atom is 0.306 e. The van der Waals surface area contributed by atoms with Crippen LogP contribution in [0.25, 0.3) is 0 Å². The number of carbonyl (C=O) groups excluding carboxylic acids is 9. The monoisotopic (exact) mass is 1120 g/mol. The number of nitrogens with one attached hydrogen (secondary N) is 7. The van der Waals surface area contributed by atoms with E-state index in [1.165, 1.54) is 39.0 Å². The first-order valence-corrected chi connectivity index (χ1v) is 28.7. The van der Waals surface area contributed by atoms with Crippen LogP contribution in [0.15, 0.2) is 29.6 Å². The number of thiazole rings is 1. The second kappa shape index (κ2) is 31.5. The molecular formula is C57H90N10O11S. The van der Waals surface area contributed by atoms with E-state index in [0.29, 0.717) is 42.1 Å². The summed E-state index contributed by atoms with van der Waals surface area (Å²) in [7, 11) is 3.70. The van der Waals surface area contributed by atoms with Gasteiger partial charge >= 0.3 is 5.97 Å². The van der Waals surface area contributed by atoms with E-state index >= 15 is 0 Å². The van der Waals surface area contributed by atoms with Crippen molar-refractivity contribution in [3.8, 4) is 0 Å². The third-order valence-corrected chi connectivity index (χ3v) is 16.2. The van der Waals surface area contributed by atoms with Crippen LogP contribution in [0.4, 0.5) is 5.69 Å². The number of hydrogen-bond donors (Lipinski definition) is 8. The number of rotatable bonds is 32. The molecule has 10 atom stereocenters. The van der Waals surface area contributed by atoms with Gasteiger partial charge in [-0.3, -0.25) is 52.8 Å².